The number of carbonyl (C=O) groups is 2. The molecule has 2 N–H and O–H groups in total. The van der Waals surface area contributed by atoms with Gasteiger partial charge in [0, 0.05) is 0 Å². The van der Waals surface area contributed by atoms with Crippen molar-refractivity contribution in [3.8, 4) is 5.75 Å². The van der Waals surface area contributed by atoms with Crippen LogP contribution in [0.3, 0.4) is 0 Å². The van der Waals surface area contributed by atoms with Crippen LogP contribution in [-0.4, -0.2) is 30.7 Å². The zero-order chi connectivity index (χ0) is 11.1. The molecule has 1 heterocycles. The van der Waals surface area contributed by atoms with Crippen molar-refractivity contribution in [2.24, 2.45) is 5.73 Å². The van der Waals surface area contributed by atoms with Crippen molar-refractivity contribution >= 4 is 12.6 Å². The van der Waals surface area contributed by atoms with Crippen LogP contribution in [0.15, 0.2) is 12.1 Å². The molecule has 5 nitrogen and oxygen atoms in total. The summed E-state index contributed by atoms with van der Waals surface area (Å²) in [7, 11) is 0. The van der Waals surface area contributed by atoms with Gasteiger partial charge >= 0.3 is 0 Å². The summed E-state index contributed by atoms with van der Waals surface area (Å²) in [4.78, 5) is 24.9. The van der Waals surface area contributed by atoms with E-state index in [4.69, 9.17) is 10.5 Å². The molecule has 80 valence electrons. The molecule has 1 rings (SSSR count). The van der Waals surface area contributed by atoms with Gasteiger partial charge in [-0.05, 0) is 25.1 Å². The molecule has 15 heavy (non-hydrogen) atoms. The average molecular weight is 208 g/mol. The summed E-state index contributed by atoms with van der Waals surface area (Å²) in [6.07, 6.45) is 1.84. The second-order valence-corrected chi connectivity index (χ2v) is 2.85. The molecule has 0 bridgehead atoms. The van der Waals surface area contributed by atoms with Crippen molar-refractivity contribution in [2.45, 2.75) is 6.42 Å². The quantitative estimate of drug-likeness (QED) is 0.541. The fourth-order valence-electron chi connectivity index (χ4n) is 1.02. The largest absolute Gasteiger partial charge is 0.491 e. The van der Waals surface area contributed by atoms with E-state index in [-0.39, 0.29) is 11.4 Å². The van der Waals surface area contributed by atoms with Gasteiger partial charge in [0.15, 0.2) is 12.6 Å². The molecule has 0 amide bonds. The number of nitrogens with zero attached hydrogens (tertiary/aromatic N) is 1. The Morgan fingerprint density at radius 1 is 1.33 bits per heavy atom. The summed E-state index contributed by atoms with van der Waals surface area (Å²) in [6.45, 7) is 0.954. The van der Waals surface area contributed by atoms with Crippen LogP contribution < -0.4 is 10.5 Å². The van der Waals surface area contributed by atoms with Crippen LogP contribution in [-0.2, 0) is 0 Å². The van der Waals surface area contributed by atoms with Gasteiger partial charge in [0.25, 0.3) is 0 Å². The number of nitrogens with two attached hydrogens (primary N) is 1. The Balaban J connectivity index is 2.78. The molecule has 0 radical (unpaired) electrons. The van der Waals surface area contributed by atoms with Gasteiger partial charge in [-0.15, -0.1) is 0 Å². The van der Waals surface area contributed by atoms with Crippen LogP contribution in [0.1, 0.15) is 27.4 Å². The first-order valence-electron chi connectivity index (χ1n) is 4.56. The van der Waals surface area contributed by atoms with Crippen molar-refractivity contribution in [3.05, 3.63) is 23.5 Å². The fraction of sp³-hybridized carbons (Fsp3) is 0.300. The molecule has 1 aromatic rings. The van der Waals surface area contributed by atoms with E-state index in [9.17, 15) is 9.59 Å². The molecule has 0 saturated heterocycles. The first-order valence-corrected chi connectivity index (χ1v) is 4.56. The lowest BCUT2D eigenvalue weighted by Gasteiger charge is -2.06. The molecule has 0 aromatic carbocycles. The van der Waals surface area contributed by atoms with E-state index in [2.05, 4.69) is 4.98 Å². The topological polar surface area (TPSA) is 82.3 Å². The van der Waals surface area contributed by atoms with Gasteiger partial charge in [0.1, 0.15) is 17.1 Å². The Bertz CT molecular complexity index is 353. The summed E-state index contributed by atoms with van der Waals surface area (Å²) in [5.41, 5.74) is 5.64. The zero-order valence-corrected chi connectivity index (χ0v) is 8.18. The van der Waals surface area contributed by atoms with Crippen LogP contribution in [0.2, 0.25) is 0 Å². The van der Waals surface area contributed by atoms with Gasteiger partial charge in [-0.3, -0.25) is 9.59 Å². The highest BCUT2D eigenvalue weighted by atomic mass is 16.5. The molecule has 0 aliphatic heterocycles. The molecule has 0 aliphatic rings. The van der Waals surface area contributed by atoms with E-state index in [1.165, 1.54) is 6.07 Å². The van der Waals surface area contributed by atoms with Crippen molar-refractivity contribution in [1.82, 2.24) is 4.98 Å². The number of aromatic nitrogens is 1. The maximum atomic E-state index is 10.6. The highest BCUT2D eigenvalue weighted by Crippen LogP contribution is 2.14. The Morgan fingerprint density at radius 3 is 2.73 bits per heavy atom. The Morgan fingerprint density at radius 2 is 2.13 bits per heavy atom. The van der Waals surface area contributed by atoms with Gasteiger partial charge in [-0.1, -0.05) is 0 Å². The van der Waals surface area contributed by atoms with Gasteiger partial charge < -0.3 is 10.5 Å². The lowest BCUT2D eigenvalue weighted by Crippen LogP contribution is -2.08. The Labute approximate surface area is 87.3 Å². The van der Waals surface area contributed by atoms with Crippen molar-refractivity contribution < 1.29 is 14.3 Å². The number of carbonyl (C=O) groups excluding carboxylic acids is 2. The van der Waals surface area contributed by atoms with Crippen LogP contribution in [0.5, 0.6) is 5.75 Å². The number of ether oxygens (including phenoxy) is 1. The number of rotatable bonds is 6. The third kappa shape index (κ3) is 3.14. The van der Waals surface area contributed by atoms with Crippen molar-refractivity contribution in [1.29, 1.82) is 0 Å². The van der Waals surface area contributed by atoms with Gasteiger partial charge in [0.05, 0.1) is 6.61 Å². The lowest BCUT2D eigenvalue weighted by molar-refractivity contribution is 0.111. The first kappa shape index (κ1) is 11.3. The molecule has 0 fully saturated rings. The van der Waals surface area contributed by atoms with E-state index in [1.54, 1.807) is 6.07 Å². The number of aldehydes is 2. The SMILES string of the molecule is NCCCOc1ccc(C=O)nc1C=O. The summed E-state index contributed by atoms with van der Waals surface area (Å²) in [6, 6.07) is 3.05. The second kappa shape index (κ2) is 5.87. The van der Waals surface area contributed by atoms with Crippen molar-refractivity contribution in [2.75, 3.05) is 13.2 Å². The normalized spacial score (nSPS) is 9.67. The first-order chi connectivity index (χ1) is 7.31. The highest BCUT2D eigenvalue weighted by Gasteiger charge is 2.05. The van der Waals surface area contributed by atoms with Gasteiger partial charge in [-0.2, -0.15) is 0 Å². The lowest BCUT2D eigenvalue weighted by atomic mass is 10.3. The number of hydrogen-bond acceptors (Lipinski definition) is 5. The van der Waals surface area contributed by atoms with E-state index in [0.717, 1.165) is 0 Å². The number of pyridine rings is 1. The molecular weight excluding hydrogens is 196 g/mol. The standard InChI is InChI=1S/C10H12N2O3/c11-4-1-5-15-10-3-2-8(6-13)12-9(10)7-14/h2-3,6-7H,1,4-5,11H2. The maximum Gasteiger partial charge on any atom is 0.172 e. The van der Waals surface area contributed by atoms with E-state index >= 15 is 0 Å². The smallest absolute Gasteiger partial charge is 0.172 e. The van der Waals surface area contributed by atoms with E-state index in [1.807, 2.05) is 0 Å². The number of hydrogen-bond donors (Lipinski definition) is 1. The molecule has 0 atom stereocenters. The molecule has 0 unspecified atom stereocenters. The summed E-state index contributed by atoms with van der Waals surface area (Å²) in [5.74, 6) is 0.379. The third-order valence-corrected chi connectivity index (χ3v) is 1.75. The molecular formula is C10H12N2O3. The maximum absolute atomic E-state index is 10.6. The van der Waals surface area contributed by atoms with Crippen molar-refractivity contribution in [3.63, 3.8) is 0 Å². The average Bonchev–Trinajstić information content (AvgIpc) is 2.29. The third-order valence-electron chi connectivity index (χ3n) is 1.75. The molecule has 0 spiro atoms. The Hall–Kier alpha value is -1.75. The van der Waals surface area contributed by atoms with E-state index in [0.29, 0.717) is 37.9 Å². The molecule has 5 heteroatoms. The Kier molecular flexibility index (Phi) is 4.43. The predicted octanol–water partition coefficient (Wildman–Crippen LogP) is 0.434. The minimum atomic E-state index is 0.136. The molecule has 0 aliphatic carbocycles. The van der Waals surface area contributed by atoms with Crippen LogP contribution in [0.25, 0.3) is 0 Å². The minimum absolute atomic E-state index is 0.136. The molecule has 1 aromatic heterocycles. The predicted molar refractivity (Wildman–Crippen MR) is 54.2 cm³/mol. The van der Waals surface area contributed by atoms with Crippen LogP contribution in [0, 0.1) is 0 Å². The minimum Gasteiger partial charge on any atom is -0.491 e. The van der Waals surface area contributed by atoms with Crippen LogP contribution >= 0.6 is 0 Å². The van der Waals surface area contributed by atoms with Gasteiger partial charge in [0.2, 0.25) is 0 Å². The monoisotopic (exact) mass is 208 g/mol. The second-order valence-electron chi connectivity index (χ2n) is 2.85. The zero-order valence-electron chi connectivity index (χ0n) is 8.18. The van der Waals surface area contributed by atoms with Crippen LogP contribution in [0.4, 0.5) is 0 Å². The summed E-state index contributed by atoms with van der Waals surface area (Å²) >= 11 is 0. The summed E-state index contributed by atoms with van der Waals surface area (Å²) in [5, 5.41) is 0. The molecule has 0 saturated carbocycles. The fourth-order valence-corrected chi connectivity index (χ4v) is 1.02. The highest BCUT2D eigenvalue weighted by molar-refractivity contribution is 5.80. The van der Waals surface area contributed by atoms with E-state index < -0.39 is 0 Å². The van der Waals surface area contributed by atoms with Gasteiger partial charge in [-0.25, -0.2) is 4.98 Å². The summed E-state index contributed by atoms with van der Waals surface area (Å²) < 4.78 is 5.28.